The molecule has 0 atom stereocenters. The molecule has 1 N–H and O–H groups in total. The second-order valence-electron chi connectivity index (χ2n) is 6.22. The van der Waals surface area contributed by atoms with E-state index in [1.165, 1.54) is 9.87 Å². The topological polar surface area (TPSA) is 84.9 Å². The molecule has 0 fully saturated rings. The molecule has 0 saturated heterocycles. The minimum absolute atomic E-state index is 0.0248. The third kappa shape index (κ3) is 4.71. The highest BCUT2D eigenvalue weighted by Gasteiger charge is 2.22. The highest BCUT2D eigenvalue weighted by atomic mass is 32.2. The number of aryl methyl sites for hydroxylation is 1. The van der Waals surface area contributed by atoms with E-state index in [1.54, 1.807) is 18.2 Å². The summed E-state index contributed by atoms with van der Waals surface area (Å²) in [5.41, 5.74) is 2.30. The lowest BCUT2D eigenvalue weighted by Gasteiger charge is -2.22. The van der Waals surface area contributed by atoms with Crippen LogP contribution in [0.25, 0.3) is 0 Å². The van der Waals surface area contributed by atoms with E-state index in [1.807, 2.05) is 24.3 Å². The van der Waals surface area contributed by atoms with E-state index in [2.05, 4.69) is 12.2 Å². The quantitative estimate of drug-likeness (QED) is 0.786. The first-order valence-electron chi connectivity index (χ1n) is 8.63. The number of nitrogens with one attached hydrogen (secondary N) is 1. The zero-order valence-electron chi connectivity index (χ0n) is 15.3. The van der Waals surface area contributed by atoms with Crippen molar-refractivity contribution in [1.29, 1.82) is 0 Å². The number of ether oxygens (including phenoxy) is 2. The van der Waals surface area contributed by atoms with Crippen LogP contribution >= 0.6 is 0 Å². The summed E-state index contributed by atoms with van der Waals surface area (Å²) in [4.78, 5) is 12.2. The Labute approximate surface area is 158 Å². The number of hydrogen-bond acceptors (Lipinski definition) is 5. The summed E-state index contributed by atoms with van der Waals surface area (Å²) in [6, 6.07) is 12.5. The number of sulfonamides is 1. The number of benzene rings is 2. The molecule has 1 aliphatic heterocycles. The molecule has 0 aliphatic carbocycles. The number of carbonyl (C=O) groups excluding carboxylic acids is 1. The lowest BCUT2D eigenvalue weighted by molar-refractivity contribution is -0.116. The van der Waals surface area contributed by atoms with Crippen molar-refractivity contribution in [3.8, 4) is 11.5 Å². The van der Waals surface area contributed by atoms with E-state index >= 15 is 0 Å². The summed E-state index contributed by atoms with van der Waals surface area (Å²) in [7, 11) is -3.56. The Morgan fingerprint density at radius 2 is 1.81 bits per heavy atom. The average molecular weight is 390 g/mol. The first kappa shape index (κ1) is 19.0. The number of anilines is 2. The molecule has 27 heavy (non-hydrogen) atoms. The van der Waals surface area contributed by atoms with E-state index < -0.39 is 10.0 Å². The SMILES string of the molecule is CCc1ccc(NC(=O)CCN(c2ccc3c(c2)OCO3)S(C)(=O)=O)cc1. The van der Waals surface area contributed by atoms with Gasteiger partial charge in [-0.2, -0.15) is 0 Å². The molecule has 2 aromatic carbocycles. The van der Waals surface area contributed by atoms with Gasteiger partial charge in [0, 0.05) is 24.7 Å². The van der Waals surface area contributed by atoms with Crippen molar-refractivity contribution in [3.05, 3.63) is 48.0 Å². The van der Waals surface area contributed by atoms with Crippen LogP contribution in [0, 0.1) is 0 Å². The molecule has 0 spiro atoms. The van der Waals surface area contributed by atoms with Gasteiger partial charge in [0.05, 0.1) is 11.9 Å². The molecule has 0 radical (unpaired) electrons. The van der Waals surface area contributed by atoms with Crippen LogP contribution in [0.3, 0.4) is 0 Å². The van der Waals surface area contributed by atoms with E-state index in [-0.39, 0.29) is 25.7 Å². The summed E-state index contributed by atoms with van der Waals surface area (Å²) in [5, 5.41) is 2.79. The van der Waals surface area contributed by atoms with Crippen LogP contribution in [0.1, 0.15) is 18.9 Å². The molecular formula is C19H22N2O5S. The molecule has 144 valence electrons. The monoisotopic (exact) mass is 390 g/mol. The predicted octanol–water partition coefficient (Wildman–Crippen LogP) is 2.77. The van der Waals surface area contributed by atoms with Gasteiger partial charge in [-0.3, -0.25) is 9.10 Å². The highest BCUT2D eigenvalue weighted by Crippen LogP contribution is 2.36. The van der Waals surface area contributed by atoms with Gasteiger partial charge in [-0.25, -0.2) is 8.42 Å². The molecule has 0 unspecified atom stereocenters. The van der Waals surface area contributed by atoms with Gasteiger partial charge in [-0.15, -0.1) is 0 Å². The molecule has 0 bridgehead atoms. The van der Waals surface area contributed by atoms with Crippen molar-refractivity contribution in [1.82, 2.24) is 0 Å². The summed E-state index contributed by atoms with van der Waals surface area (Å²) >= 11 is 0. The fourth-order valence-corrected chi connectivity index (χ4v) is 3.70. The minimum atomic E-state index is -3.56. The van der Waals surface area contributed by atoms with Crippen LogP contribution < -0.4 is 19.1 Å². The largest absolute Gasteiger partial charge is 0.454 e. The van der Waals surface area contributed by atoms with Crippen LogP contribution in [-0.2, 0) is 21.2 Å². The predicted molar refractivity (Wildman–Crippen MR) is 104 cm³/mol. The molecular weight excluding hydrogens is 368 g/mol. The van der Waals surface area contributed by atoms with Gasteiger partial charge in [0.25, 0.3) is 0 Å². The number of hydrogen-bond donors (Lipinski definition) is 1. The first-order valence-corrected chi connectivity index (χ1v) is 10.5. The van der Waals surface area contributed by atoms with Gasteiger partial charge in [0.2, 0.25) is 22.7 Å². The van der Waals surface area contributed by atoms with Gasteiger partial charge in [0.1, 0.15) is 0 Å². The maximum atomic E-state index is 12.2. The second kappa shape index (κ2) is 7.87. The van der Waals surface area contributed by atoms with E-state index in [0.717, 1.165) is 12.7 Å². The molecule has 0 saturated carbocycles. The zero-order chi connectivity index (χ0) is 19.4. The Morgan fingerprint density at radius 3 is 2.48 bits per heavy atom. The molecule has 1 amide bonds. The number of carbonyl (C=O) groups is 1. The summed E-state index contributed by atoms with van der Waals surface area (Å²) < 4.78 is 36.1. The van der Waals surface area contributed by atoms with Gasteiger partial charge in [-0.1, -0.05) is 19.1 Å². The minimum Gasteiger partial charge on any atom is -0.454 e. The molecule has 7 nitrogen and oxygen atoms in total. The van der Waals surface area contributed by atoms with E-state index in [4.69, 9.17) is 9.47 Å². The van der Waals surface area contributed by atoms with Gasteiger partial charge in [-0.05, 0) is 36.2 Å². The lowest BCUT2D eigenvalue weighted by Crippen LogP contribution is -2.33. The third-order valence-electron chi connectivity index (χ3n) is 4.23. The smallest absolute Gasteiger partial charge is 0.232 e. The highest BCUT2D eigenvalue weighted by molar-refractivity contribution is 7.92. The molecule has 0 aromatic heterocycles. The van der Waals surface area contributed by atoms with Crippen LogP contribution in [0.2, 0.25) is 0 Å². The molecule has 1 aliphatic rings. The van der Waals surface area contributed by atoms with Crippen LogP contribution in [-0.4, -0.2) is 33.9 Å². The second-order valence-corrected chi connectivity index (χ2v) is 8.13. The van der Waals surface area contributed by atoms with Crippen LogP contribution in [0.15, 0.2) is 42.5 Å². The molecule has 8 heteroatoms. The van der Waals surface area contributed by atoms with Crippen molar-refractivity contribution < 1.29 is 22.7 Å². The Hall–Kier alpha value is -2.74. The fraction of sp³-hybridized carbons (Fsp3) is 0.316. The number of nitrogens with zero attached hydrogens (tertiary/aromatic N) is 1. The molecule has 1 heterocycles. The number of amides is 1. The first-order chi connectivity index (χ1) is 12.9. The summed E-state index contributed by atoms with van der Waals surface area (Å²) in [5.74, 6) is 0.802. The van der Waals surface area contributed by atoms with Gasteiger partial charge >= 0.3 is 0 Å². The fourth-order valence-electron chi connectivity index (χ4n) is 2.78. The normalized spacial score (nSPS) is 12.7. The maximum absolute atomic E-state index is 12.2. The molecule has 2 aromatic rings. The average Bonchev–Trinajstić information content (AvgIpc) is 3.09. The molecule has 3 rings (SSSR count). The van der Waals surface area contributed by atoms with Crippen LogP contribution in [0.5, 0.6) is 11.5 Å². The Morgan fingerprint density at radius 1 is 1.11 bits per heavy atom. The van der Waals surface area contributed by atoms with Crippen LogP contribution in [0.4, 0.5) is 11.4 Å². The zero-order valence-corrected chi connectivity index (χ0v) is 16.1. The number of rotatable bonds is 7. The Balaban J connectivity index is 1.67. The summed E-state index contributed by atoms with van der Waals surface area (Å²) in [6.45, 7) is 2.19. The lowest BCUT2D eigenvalue weighted by atomic mass is 10.1. The third-order valence-corrected chi connectivity index (χ3v) is 5.43. The van der Waals surface area contributed by atoms with E-state index in [9.17, 15) is 13.2 Å². The van der Waals surface area contributed by atoms with Gasteiger partial charge < -0.3 is 14.8 Å². The van der Waals surface area contributed by atoms with Gasteiger partial charge in [0.15, 0.2) is 11.5 Å². The Bertz CT molecular complexity index is 926. The standard InChI is InChI=1S/C19H22N2O5S/c1-3-14-4-6-15(7-5-14)20-19(22)10-11-21(27(2,23)24)16-8-9-17-18(12-16)26-13-25-17/h4-9,12H,3,10-11,13H2,1-2H3,(H,20,22). The van der Waals surface area contributed by atoms with Crippen molar-refractivity contribution in [2.45, 2.75) is 19.8 Å². The van der Waals surface area contributed by atoms with Crippen molar-refractivity contribution in [3.63, 3.8) is 0 Å². The van der Waals surface area contributed by atoms with E-state index in [0.29, 0.717) is 22.9 Å². The maximum Gasteiger partial charge on any atom is 0.232 e. The Kier molecular flexibility index (Phi) is 5.55. The summed E-state index contributed by atoms with van der Waals surface area (Å²) in [6.07, 6.45) is 2.06. The number of fused-ring (bicyclic) bond motifs is 1. The van der Waals surface area contributed by atoms with Crippen molar-refractivity contribution in [2.75, 3.05) is 29.2 Å². The van der Waals surface area contributed by atoms with Crippen molar-refractivity contribution in [2.24, 2.45) is 0 Å². The van der Waals surface area contributed by atoms with Crippen molar-refractivity contribution >= 4 is 27.3 Å².